The summed E-state index contributed by atoms with van der Waals surface area (Å²) in [5.41, 5.74) is -0.918. The van der Waals surface area contributed by atoms with Crippen LogP contribution in [0.25, 0.3) is 0 Å². The van der Waals surface area contributed by atoms with E-state index < -0.39 is 36.4 Å². The van der Waals surface area contributed by atoms with Gasteiger partial charge in [0.2, 0.25) is 0 Å². The number of aliphatic hydroxyl groups is 1. The molecule has 1 atom stereocenters. The highest BCUT2D eigenvalue weighted by atomic mass is 35.5. The Balaban J connectivity index is 0.000000347. The van der Waals surface area contributed by atoms with Crippen LogP contribution in [0.15, 0.2) is 24.3 Å². The van der Waals surface area contributed by atoms with Crippen LogP contribution in [0.5, 0.6) is 0 Å². The van der Waals surface area contributed by atoms with Crippen LogP contribution in [-0.2, 0) is 19.8 Å². The molecule has 180 valence electrons. The summed E-state index contributed by atoms with van der Waals surface area (Å²) >= 11 is 6.04. The van der Waals surface area contributed by atoms with E-state index in [9.17, 15) is 14.4 Å². The molecule has 0 bridgehead atoms. The van der Waals surface area contributed by atoms with Gasteiger partial charge in [0.05, 0.1) is 12.8 Å². The molecule has 0 aromatic heterocycles. The fourth-order valence-corrected chi connectivity index (χ4v) is 4.37. The monoisotopic (exact) mass is 471 g/mol. The molecule has 0 amide bonds. The Morgan fingerprint density at radius 1 is 1.03 bits per heavy atom. The topological polar surface area (TPSA) is 135 Å². The van der Waals surface area contributed by atoms with Crippen molar-refractivity contribution in [3.05, 3.63) is 34.9 Å². The zero-order valence-corrected chi connectivity index (χ0v) is 19.8. The van der Waals surface area contributed by atoms with E-state index in [2.05, 4.69) is 45.0 Å². The summed E-state index contributed by atoms with van der Waals surface area (Å²) in [6.07, 6.45) is 2.94. The van der Waals surface area contributed by atoms with Crippen molar-refractivity contribution in [1.29, 1.82) is 0 Å². The maximum atomic E-state index is 10.3. The summed E-state index contributed by atoms with van der Waals surface area (Å²) in [6.45, 7) is 4.65. The van der Waals surface area contributed by atoms with Gasteiger partial charge in [-0.05, 0) is 57.0 Å². The maximum absolute atomic E-state index is 10.3. The number of likely N-dealkylation sites (N-methyl/N-ethyl adjacent to an activating group) is 1. The van der Waals surface area contributed by atoms with Crippen molar-refractivity contribution in [3.8, 4) is 0 Å². The van der Waals surface area contributed by atoms with Crippen LogP contribution in [0.4, 0.5) is 0 Å². The lowest BCUT2D eigenvalue weighted by molar-refractivity contribution is -0.170. The number of rotatable bonds is 10. The van der Waals surface area contributed by atoms with E-state index in [1.54, 1.807) is 0 Å². The minimum Gasteiger partial charge on any atom is -0.481 e. The summed E-state index contributed by atoms with van der Waals surface area (Å²) in [5, 5.41) is 34.6. The molecule has 0 saturated heterocycles. The summed E-state index contributed by atoms with van der Waals surface area (Å²) in [4.78, 5) is 32.9. The van der Waals surface area contributed by atoms with Gasteiger partial charge in [-0.2, -0.15) is 0 Å². The normalized spacial score (nSPS) is 16.0. The third kappa shape index (κ3) is 7.46. The quantitative estimate of drug-likeness (QED) is 0.407. The fourth-order valence-electron chi connectivity index (χ4n) is 4.25. The molecule has 1 aromatic rings. The van der Waals surface area contributed by atoms with Gasteiger partial charge >= 0.3 is 17.9 Å². The predicted molar refractivity (Wildman–Crippen MR) is 121 cm³/mol. The van der Waals surface area contributed by atoms with E-state index in [4.69, 9.17) is 32.0 Å². The van der Waals surface area contributed by atoms with Crippen LogP contribution in [0, 0.1) is 5.92 Å². The van der Waals surface area contributed by atoms with Gasteiger partial charge in [-0.15, -0.1) is 0 Å². The molecule has 0 radical (unpaired) electrons. The van der Waals surface area contributed by atoms with Crippen molar-refractivity contribution >= 4 is 29.5 Å². The summed E-state index contributed by atoms with van der Waals surface area (Å²) in [6, 6.07) is 9.18. The number of carbonyl (C=O) groups is 3. The third-order valence-electron chi connectivity index (χ3n) is 5.91. The van der Waals surface area contributed by atoms with Gasteiger partial charge in [0.25, 0.3) is 0 Å². The molecule has 1 fully saturated rings. The molecule has 1 aliphatic rings. The fraction of sp³-hybridized carbons (Fsp3) is 0.609. The van der Waals surface area contributed by atoms with E-state index in [1.165, 1.54) is 31.2 Å². The standard InChI is InChI=1S/C17H26ClN.C6H8O7/c1-13(2)12-16(19(3)4)17(10-5-11-17)14-6-8-15(18)9-7-14;7-3(8)1-6(13,5(11)12)2-4(9)10/h6-9,13,16H,5,10-12H2,1-4H3;13H,1-2H2,(H,7,8)(H,9,10)(H,11,12). The number of carboxylic acids is 3. The molecule has 2 rings (SSSR count). The highest BCUT2D eigenvalue weighted by Crippen LogP contribution is 2.49. The Hall–Kier alpha value is -2.16. The van der Waals surface area contributed by atoms with E-state index in [-0.39, 0.29) is 0 Å². The molecule has 4 N–H and O–H groups in total. The molecular weight excluding hydrogens is 438 g/mol. The van der Waals surface area contributed by atoms with Crippen molar-refractivity contribution in [1.82, 2.24) is 4.90 Å². The molecule has 1 saturated carbocycles. The Morgan fingerprint density at radius 3 is 1.78 bits per heavy atom. The number of aliphatic carboxylic acids is 3. The Kier molecular flexibility index (Phi) is 10.1. The Bertz CT molecular complexity index is 772. The number of benzene rings is 1. The number of carboxylic acid groups (broad SMARTS) is 3. The smallest absolute Gasteiger partial charge is 0.336 e. The van der Waals surface area contributed by atoms with E-state index >= 15 is 0 Å². The third-order valence-corrected chi connectivity index (χ3v) is 6.16. The second-order valence-corrected chi connectivity index (χ2v) is 9.54. The Labute approximate surface area is 193 Å². The van der Waals surface area contributed by atoms with Crippen LogP contribution >= 0.6 is 11.6 Å². The molecular formula is C23H34ClNO7. The zero-order chi connectivity index (χ0) is 24.7. The second kappa shape index (κ2) is 11.6. The van der Waals surface area contributed by atoms with Gasteiger partial charge in [0, 0.05) is 16.5 Å². The van der Waals surface area contributed by atoms with Crippen molar-refractivity contribution in [2.45, 2.75) is 69.4 Å². The van der Waals surface area contributed by atoms with Crippen LogP contribution in [0.3, 0.4) is 0 Å². The lowest BCUT2D eigenvalue weighted by Crippen LogP contribution is -2.52. The minimum atomic E-state index is -2.74. The average molecular weight is 472 g/mol. The molecule has 8 nitrogen and oxygen atoms in total. The molecule has 1 aliphatic carbocycles. The first-order valence-electron chi connectivity index (χ1n) is 10.6. The van der Waals surface area contributed by atoms with E-state index in [0.717, 1.165) is 10.9 Å². The SMILES string of the molecule is CC(C)CC(N(C)C)C1(c2ccc(Cl)cc2)CCC1.O=C(O)CC(O)(CC(=O)O)C(=O)O. The van der Waals surface area contributed by atoms with Crippen LogP contribution in [-0.4, -0.2) is 69.0 Å². The van der Waals surface area contributed by atoms with Crippen LogP contribution in [0.2, 0.25) is 5.02 Å². The predicted octanol–water partition coefficient (Wildman–Crippen LogP) is 3.49. The van der Waals surface area contributed by atoms with Crippen LogP contribution in [0.1, 0.15) is 57.9 Å². The van der Waals surface area contributed by atoms with Gasteiger partial charge in [-0.25, -0.2) is 4.79 Å². The van der Waals surface area contributed by atoms with Gasteiger partial charge in [-0.3, -0.25) is 9.59 Å². The molecule has 9 heteroatoms. The van der Waals surface area contributed by atoms with Gasteiger partial charge in [-0.1, -0.05) is 44.0 Å². The number of hydrogen-bond donors (Lipinski definition) is 4. The molecule has 1 aromatic carbocycles. The summed E-state index contributed by atoms with van der Waals surface area (Å²) in [5.74, 6) is -4.29. The molecule has 32 heavy (non-hydrogen) atoms. The van der Waals surface area contributed by atoms with Gasteiger partial charge in [0.15, 0.2) is 5.60 Å². The molecule has 0 heterocycles. The number of hydrogen-bond acceptors (Lipinski definition) is 5. The van der Waals surface area contributed by atoms with E-state index in [0.29, 0.717) is 11.5 Å². The first kappa shape index (κ1) is 27.9. The van der Waals surface area contributed by atoms with Gasteiger partial charge < -0.3 is 25.3 Å². The molecule has 0 aliphatic heterocycles. The first-order chi connectivity index (χ1) is 14.7. The summed E-state index contributed by atoms with van der Waals surface area (Å²) in [7, 11) is 4.45. The van der Waals surface area contributed by atoms with Crippen molar-refractivity contribution < 1.29 is 34.8 Å². The Morgan fingerprint density at radius 2 is 1.50 bits per heavy atom. The van der Waals surface area contributed by atoms with Crippen molar-refractivity contribution in [2.24, 2.45) is 5.92 Å². The van der Waals surface area contributed by atoms with Crippen LogP contribution < -0.4 is 0 Å². The van der Waals surface area contributed by atoms with Crippen molar-refractivity contribution in [3.63, 3.8) is 0 Å². The average Bonchev–Trinajstić information content (AvgIpc) is 2.60. The van der Waals surface area contributed by atoms with Crippen molar-refractivity contribution in [2.75, 3.05) is 14.1 Å². The number of nitrogens with zero attached hydrogens (tertiary/aromatic N) is 1. The number of halogens is 1. The van der Waals surface area contributed by atoms with E-state index in [1.807, 2.05) is 12.1 Å². The maximum Gasteiger partial charge on any atom is 0.336 e. The second-order valence-electron chi connectivity index (χ2n) is 9.10. The molecule has 0 spiro atoms. The highest BCUT2D eigenvalue weighted by molar-refractivity contribution is 6.30. The minimum absolute atomic E-state index is 0.346. The highest BCUT2D eigenvalue weighted by Gasteiger charge is 2.46. The summed E-state index contributed by atoms with van der Waals surface area (Å²) < 4.78 is 0. The zero-order valence-electron chi connectivity index (χ0n) is 19.0. The van der Waals surface area contributed by atoms with Gasteiger partial charge in [0.1, 0.15) is 0 Å². The lowest BCUT2D eigenvalue weighted by Gasteiger charge is -2.51. The largest absolute Gasteiger partial charge is 0.481 e. The first-order valence-corrected chi connectivity index (χ1v) is 10.9. The lowest BCUT2D eigenvalue weighted by atomic mass is 9.58. The molecule has 1 unspecified atom stereocenters.